The van der Waals surface area contributed by atoms with Crippen molar-refractivity contribution in [3.05, 3.63) is 148 Å². The van der Waals surface area contributed by atoms with Crippen LogP contribution in [0.4, 0.5) is 5.69 Å². The van der Waals surface area contributed by atoms with Crippen molar-refractivity contribution in [3.63, 3.8) is 0 Å². The third kappa shape index (κ3) is 10.4. The van der Waals surface area contributed by atoms with Crippen LogP contribution >= 0.6 is 11.6 Å². The largest absolute Gasteiger partial charge is 0.497 e. The van der Waals surface area contributed by atoms with Crippen LogP contribution < -0.4 is 19.5 Å². The van der Waals surface area contributed by atoms with Gasteiger partial charge in [-0.15, -0.1) is 0 Å². The van der Waals surface area contributed by atoms with Crippen molar-refractivity contribution in [2.45, 2.75) is 19.6 Å². The quantitative estimate of drug-likeness (QED) is 0.116. The molecule has 4 aromatic carbocycles. The summed E-state index contributed by atoms with van der Waals surface area (Å²) in [5.41, 5.74) is 6.00. The van der Waals surface area contributed by atoms with Gasteiger partial charge in [-0.2, -0.15) is 5.26 Å². The van der Waals surface area contributed by atoms with E-state index in [-0.39, 0.29) is 5.91 Å². The van der Waals surface area contributed by atoms with E-state index in [1.807, 2.05) is 47.4 Å². The first-order valence-corrected chi connectivity index (χ1v) is 17.5. The molecule has 52 heavy (non-hydrogen) atoms. The van der Waals surface area contributed by atoms with Crippen molar-refractivity contribution in [2.75, 3.05) is 45.2 Å². The Bertz CT molecular complexity index is 1990. The van der Waals surface area contributed by atoms with Gasteiger partial charge in [0.25, 0.3) is 0 Å². The first kappa shape index (κ1) is 36.0. The minimum absolute atomic E-state index is 0.0191. The maximum Gasteiger partial charge on any atom is 0.246 e. The van der Waals surface area contributed by atoms with E-state index in [0.717, 1.165) is 55.2 Å². The van der Waals surface area contributed by atoms with Gasteiger partial charge in [-0.05, 0) is 89.3 Å². The van der Waals surface area contributed by atoms with Crippen LogP contribution in [-0.4, -0.2) is 60.5 Å². The summed E-state index contributed by atoms with van der Waals surface area (Å²) in [6.45, 7) is 5.08. The predicted octanol–water partition coefficient (Wildman–Crippen LogP) is 8.00. The van der Waals surface area contributed by atoms with E-state index in [1.54, 1.807) is 61.9 Å². The van der Waals surface area contributed by atoms with E-state index < -0.39 is 0 Å². The summed E-state index contributed by atoms with van der Waals surface area (Å²) in [7, 11) is 1.67. The molecule has 264 valence electrons. The van der Waals surface area contributed by atoms with Gasteiger partial charge in [0.15, 0.2) is 0 Å². The number of nitrogens with zero attached hydrogens (tertiary/aromatic N) is 4. The topological polar surface area (TPSA) is 100.0 Å². The fourth-order valence-electron chi connectivity index (χ4n) is 5.70. The number of hydrogen-bond acceptors (Lipinski definition) is 8. The highest BCUT2D eigenvalue weighted by Crippen LogP contribution is 2.30. The minimum Gasteiger partial charge on any atom is -0.497 e. The summed E-state index contributed by atoms with van der Waals surface area (Å²) in [5.74, 6) is 2.25. The Kier molecular flexibility index (Phi) is 12.4. The predicted molar refractivity (Wildman–Crippen MR) is 204 cm³/mol. The van der Waals surface area contributed by atoms with Crippen LogP contribution in [0.5, 0.6) is 23.1 Å². The standard InChI is InChI=1S/C42H40ClN5O4/c1-50-37-14-12-36(13-15-37)45-21-20-31-2-6-34(7-3-31)29-47-22-24-48(25-23-47)42(49)19-11-32-10-17-40(39(43)26-32)52-41-18-16-38(28-46-41)51-30-35-8-4-33(27-44)5-9-35/h2-19,26,28,45H,20-25,29-30H2,1H3/b19-11+. The lowest BCUT2D eigenvalue weighted by Gasteiger charge is -2.34. The van der Waals surface area contributed by atoms with Crippen molar-refractivity contribution in [1.29, 1.82) is 5.26 Å². The highest BCUT2D eigenvalue weighted by atomic mass is 35.5. The molecule has 1 fully saturated rings. The van der Waals surface area contributed by atoms with E-state index in [4.69, 9.17) is 31.1 Å². The number of halogens is 1. The van der Waals surface area contributed by atoms with Crippen LogP contribution in [0.25, 0.3) is 6.08 Å². The molecule has 1 aliphatic heterocycles. The normalized spacial score (nSPS) is 13.1. The number of hydrogen-bond donors (Lipinski definition) is 1. The number of pyridine rings is 1. The lowest BCUT2D eigenvalue weighted by molar-refractivity contribution is -0.127. The van der Waals surface area contributed by atoms with Gasteiger partial charge in [0, 0.05) is 57.1 Å². The molecule has 1 aliphatic rings. The van der Waals surface area contributed by atoms with Gasteiger partial charge in [-0.3, -0.25) is 9.69 Å². The van der Waals surface area contributed by atoms with E-state index in [1.165, 1.54) is 11.1 Å². The van der Waals surface area contributed by atoms with Crippen molar-refractivity contribution < 1.29 is 19.0 Å². The molecule has 1 aromatic heterocycles. The Morgan fingerprint density at radius 1 is 0.885 bits per heavy atom. The lowest BCUT2D eigenvalue weighted by Crippen LogP contribution is -2.47. The van der Waals surface area contributed by atoms with E-state index in [0.29, 0.717) is 47.7 Å². The van der Waals surface area contributed by atoms with Gasteiger partial charge >= 0.3 is 0 Å². The van der Waals surface area contributed by atoms with Crippen LogP contribution in [0, 0.1) is 11.3 Å². The number of ether oxygens (including phenoxy) is 3. The number of carbonyl (C=O) groups is 1. The van der Waals surface area contributed by atoms with Gasteiger partial charge in [0.1, 0.15) is 23.9 Å². The van der Waals surface area contributed by atoms with Crippen LogP contribution in [0.3, 0.4) is 0 Å². The second-order valence-electron chi connectivity index (χ2n) is 12.4. The number of amides is 1. The fourth-order valence-corrected chi connectivity index (χ4v) is 5.93. The summed E-state index contributed by atoms with van der Waals surface area (Å²) >= 11 is 6.52. The number of aromatic nitrogens is 1. The monoisotopic (exact) mass is 713 g/mol. The summed E-state index contributed by atoms with van der Waals surface area (Å²) in [6, 6.07) is 34.9. The lowest BCUT2D eigenvalue weighted by atomic mass is 10.1. The maximum absolute atomic E-state index is 13.0. The second-order valence-corrected chi connectivity index (χ2v) is 12.8. The number of benzene rings is 4. The van der Waals surface area contributed by atoms with Crippen LogP contribution in [-0.2, 0) is 24.4 Å². The van der Waals surface area contributed by atoms with E-state index in [9.17, 15) is 4.79 Å². The molecule has 5 aromatic rings. The van der Waals surface area contributed by atoms with Crippen molar-refractivity contribution in [2.24, 2.45) is 0 Å². The molecule has 1 saturated heterocycles. The average Bonchev–Trinajstić information content (AvgIpc) is 3.19. The smallest absolute Gasteiger partial charge is 0.246 e. The maximum atomic E-state index is 13.0. The summed E-state index contributed by atoms with van der Waals surface area (Å²) < 4.78 is 16.9. The SMILES string of the molecule is COc1ccc(NCCc2ccc(CN3CCN(C(=O)/C=C/c4ccc(Oc5ccc(OCc6ccc(C#N)cc6)cn5)c(Cl)c4)CC3)cc2)cc1. The molecule has 0 bridgehead atoms. The number of carbonyl (C=O) groups excluding carboxylic acids is 1. The van der Waals surface area contributed by atoms with Gasteiger partial charge in [-0.25, -0.2) is 4.98 Å². The van der Waals surface area contributed by atoms with Crippen LogP contribution in [0.2, 0.25) is 5.02 Å². The molecule has 10 heteroatoms. The van der Waals surface area contributed by atoms with Crippen molar-refractivity contribution in [3.8, 4) is 29.2 Å². The van der Waals surface area contributed by atoms with Gasteiger partial charge < -0.3 is 24.4 Å². The number of nitrogens with one attached hydrogen (secondary N) is 1. The highest BCUT2D eigenvalue weighted by molar-refractivity contribution is 6.32. The Morgan fingerprint density at radius 3 is 2.27 bits per heavy atom. The van der Waals surface area contributed by atoms with E-state index in [2.05, 4.69) is 45.5 Å². The molecule has 9 nitrogen and oxygen atoms in total. The fraction of sp³-hybridized carbons (Fsp3) is 0.214. The van der Waals surface area contributed by atoms with Gasteiger partial charge in [-0.1, -0.05) is 54.1 Å². The zero-order chi connectivity index (χ0) is 36.1. The van der Waals surface area contributed by atoms with Gasteiger partial charge in [0.05, 0.1) is 30.0 Å². The molecule has 0 saturated carbocycles. The molecule has 2 heterocycles. The number of piperazine rings is 1. The van der Waals surface area contributed by atoms with Crippen molar-refractivity contribution >= 4 is 29.3 Å². The molecular formula is C42H40ClN5O4. The summed E-state index contributed by atoms with van der Waals surface area (Å²) in [6.07, 6.45) is 5.90. The molecule has 6 rings (SSSR count). The average molecular weight is 714 g/mol. The summed E-state index contributed by atoms with van der Waals surface area (Å²) in [5, 5.41) is 12.8. The number of anilines is 1. The molecule has 0 unspecified atom stereocenters. The molecular weight excluding hydrogens is 674 g/mol. The molecule has 0 radical (unpaired) electrons. The van der Waals surface area contributed by atoms with Crippen LogP contribution in [0.1, 0.15) is 27.8 Å². The van der Waals surface area contributed by atoms with Gasteiger partial charge in [0.2, 0.25) is 11.8 Å². The Morgan fingerprint density at radius 2 is 1.60 bits per heavy atom. The second kappa shape index (κ2) is 17.9. The first-order chi connectivity index (χ1) is 25.4. The molecule has 1 N–H and O–H groups in total. The third-order valence-corrected chi connectivity index (χ3v) is 9.03. The third-order valence-electron chi connectivity index (χ3n) is 8.73. The zero-order valence-corrected chi connectivity index (χ0v) is 29.8. The number of methoxy groups -OCH3 is 1. The first-order valence-electron chi connectivity index (χ1n) is 17.1. The van der Waals surface area contributed by atoms with Crippen LogP contribution in [0.15, 0.2) is 115 Å². The Balaban J connectivity index is 0.904. The zero-order valence-electron chi connectivity index (χ0n) is 29.0. The number of nitriles is 1. The van der Waals surface area contributed by atoms with E-state index >= 15 is 0 Å². The minimum atomic E-state index is -0.0191. The highest BCUT2D eigenvalue weighted by Gasteiger charge is 2.19. The number of rotatable bonds is 14. The summed E-state index contributed by atoms with van der Waals surface area (Å²) in [4.78, 5) is 21.6. The molecule has 0 atom stereocenters. The molecule has 0 spiro atoms. The molecule has 0 aliphatic carbocycles. The Labute approximate surface area is 309 Å². The van der Waals surface area contributed by atoms with Crippen molar-refractivity contribution in [1.82, 2.24) is 14.8 Å². The molecule has 1 amide bonds. The Hall–Kier alpha value is -5.82.